The predicted octanol–water partition coefficient (Wildman–Crippen LogP) is 4.82. The molecule has 6 rings (SSSR count). The Morgan fingerprint density at radius 1 is 1.26 bits per heavy atom. The average Bonchev–Trinajstić information content (AvgIpc) is 3.28. The number of rotatable bonds is 3. The Labute approximate surface area is 181 Å². The van der Waals surface area contributed by atoms with Crippen LogP contribution in [0.3, 0.4) is 0 Å². The second-order valence-corrected chi connectivity index (χ2v) is 8.27. The molecule has 4 aromatic rings. The average molecular weight is 435 g/mol. The molecule has 0 bridgehead atoms. The Hall–Kier alpha value is -3.52. The van der Waals surface area contributed by atoms with Gasteiger partial charge in [-0.05, 0) is 48.2 Å². The molecule has 0 saturated carbocycles. The van der Waals surface area contributed by atoms with Gasteiger partial charge in [-0.2, -0.15) is 0 Å². The monoisotopic (exact) mass is 434 g/mol. The van der Waals surface area contributed by atoms with Crippen molar-refractivity contribution in [2.24, 2.45) is 0 Å². The molecule has 7 nitrogen and oxygen atoms in total. The summed E-state index contributed by atoms with van der Waals surface area (Å²) in [7, 11) is 0. The largest absolute Gasteiger partial charge is 0.362 e. The normalized spacial score (nSPS) is 14.8. The van der Waals surface area contributed by atoms with Gasteiger partial charge in [0.2, 0.25) is 0 Å². The fraction of sp³-hybridized carbons (Fsp3) is 0.182. The summed E-state index contributed by atoms with van der Waals surface area (Å²) in [4.78, 5) is 30.6. The number of aromatic nitrogens is 4. The first-order valence-electron chi connectivity index (χ1n) is 9.83. The van der Waals surface area contributed by atoms with Gasteiger partial charge in [0.1, 0.15) is 17.7 Å². The van der Waals surface area contributed by atoms with E-state index in [1.54, 1.807) is 11.2 Å². The number of aromatic amines is 1. The smallest absolute Gasteiger partial charge is 0.263 e. The van der Waals surface area contributed by atoms with Crippen LogP contribution in [0.5, 0.6) is 0 Å². The molecule has 2 aliphatic heterocycles. The zero-order valence-corrected chi connectivity index (χ0v) is 17.4. The van der Waals surface area contributed by atoms with Crippen LogP contribution in [0.4, 0.5) is 21.6 Å². The number of carbonyl (C=O) groups excluding carboxylic acids is 1. The van der Waals surface area contributed by atoms with E-state index in [2.05, 4.69) is 25.3 Å². The third-order valence-electron chi connectivity index (χ3n) is 6.04. The minimum atomic E-state index is -0.339. The number of hydrogen-bond donors (Lipinski definition) is 2. The van der Waals surface area contributed by atoms with Crippen LogP contribution in [-0.2, 0) is 6.42 Å². The fourth-order valence-electron chi connectivity index (χ4n) is 4.52. The highest BCUT2D eigenvalue weighted by molar-refractivity contribution is 6.33. The molecule has 4 heterocycles. The molecule has 0 saturated heterocycles. The van der Waals surface area contributed by atoms with Gasteiger partial charge in [-0.1, -0.05) is 11.6 Å². The molecule has 1 amide bonds. The zero-order chi connectivity index (χ0) is 21.4. The van der Waals surface area contributed by atoms with Crippen LogP contribution in [0.2, 0.25) is 5.02 Å². The number of fused-ring (bicyclic) bond motifs is 3. The molecule has 0 radical (unpaired) electrons. The number of nitrogens with one attached hydrogen (secondary N) is 2. The van der Waals surface area contributed by atoms with E-state index in [4.69, 9.17) is 11.6 Å². The van der Waals surface area contributed by atoms with E-state index in [0.29, 0.717) is 39.7 Å². The molecule has 2 aromatic carbocycles. The van der Waals surface area contributed by atoms with Crippen LogP contribution in [-0.4, -0.2) is 25.8 Å². The molecule has 154 valence electrons. The van der Waals surface area contributed by atoms with Crippen molar-refractivity contribution in [1.29, 1.82) is 0 Å². The number of carbonyl (C=O) groups is 1. The Morgan fingerprint density at radius 3 is 2.94 bits per heavy atom. The number of H-pyrrole nitrogens is 1. The van der Waals surface area contributed by atoms with E-state index >= 15 is 0 Å². The minimum Gasteiger partial charge on any atom is -0.362 e. The molecule has 9 heteroatoms. The van der Waals surface area contributed by atoms with Crippen molar-refractivity contribution < 1.29 is 9.18 Å². The first kappa shape index (κ1) is 18.3. The van der Waals surface area contributed by atoms with Gasteiger partial charge in [0.05, 0.1) is 23.7 Å². The van der Waals surface area contributed by atoms with Gasteiger partial charge in [0.15, 0.2) is 11.5 Å². The van der Waals surface area contributed by atoms with E-state index < -0.39 is 0 Å². The summed E-state index contributed by atoms with van der Waals surface area (Å²) in [5, 5.41) is 3.90. The summed E-state index contributed by atoms with van der Waals surface area (Å²) in [6.07, 6.45) is 3.45. The van der Waals surface area contributed by atoms with E-state index in [9.17, 15) is 9.18 Å². The van der Waals surface area contributed by atoms with Crippen LogP contribution >= 0.6 is 11.6 Å². The van der Waals surface area contributed by atoms with Crippen molar-refractivity contribution in [1.82, 2.24) is 19.9 Å². The SMILES string of the molecule is Cc1c(Cl)cc(C(C)Nc2ncnc3nc[nH]c23)c2c1C(=O)N1c3cc(F)cc(c31)C2. The molecule has 0 aliphatic carbocycles. The van der Waals surface area contributed by atoms with E-state index in [1.807, 2.05) is 19.9 Å². The number of imidazole rings is 1. The first-order valence-corrected chi connectivity index (χ1v) is 10.2. The maximum Gasteiger partial charge on any atom is 0.263 e. The van der Waals surface area contributed by atoms with Crippen LogP contribution in [0.25, 0.3) is 11.2 Å². The lowest BCUT2D eigenvalue weighted by Gasteiger charge is -2.22. The Balaban J connectivity index is 1.49. The highest BCUT2D eigenvalue weighted by atomic mass is 35.5. The number of hydrogen-bond acceptors (Lipinski definition) is 5. The van der Waals surface area contributed by atoms with Gasteiger partial charge in [-0.25, -0.2) is 19.3 Å². The highest BCUT2D eigenvalue weighted by Crippen LogP contribution is 2.55. The Morgan fingerprint density at radius 2 is 2.10 bits per heavy atom. The van der Waals surface area contributed by atoms with E-state index in [-0.39, 0.29) is 17.8 Å². The van der Waals surface area contributed by atoms with Crippen molar-refractivity contribution >= 4 is 45.9 Å². The quantitative estimate of drug-likeness (QED) is 0.451. The summed E-state index contributed by atoms with van der Waals surface area (Å²) in [6, 6.07) is 4.55. The first-order chi connectivity index (χ1) is 14.9. The van der Waals surface area contributed by atoms with E-state index in [0.717, 1.165) is 27.9 Å². The topological polar surface area (TPSA) is 86.6 Å². The van der Waals surface area contributed by atoms with Gasteiger partial charge in [0.25, 0.3) is 5.91 Å². The van der Waals surface area contributed by atoms with Crippen molar-refractivity contribution in [2.45, 2.75) is 26.3 Å². The Kier molecular flexibility index (Phi) is 3.68. The fourth-order valence-corrected chi connectivity index (χ4v) is 4.73. The summed E-state index contributed by atoms with van der Waals surface area (Å²) < 4.78 is 14.1. The summed E-state index contributed by atoms with van der Waals surface area (Å²) in [6.45, 7) is 3.82. The lowest BCUT2D eigenvalue weighted by Crippen LogP contribution is -2.19. The maximum absolute atomic E-state index is 14.1. The number of benzene rings is 2. The van der Waals surface area contributed by atoms with Gasteiger partial charge in [-0.15, -0.1) is 0 Å². The van der Waals surface area contributed by atoms with Gasteiger partial charge in [0, 0.05) is 23.1 Å². The second kappa shape index (κ2) is 6.24. The molecule has 0 spiro atoms. The van der Waals surface area contributed by atoms with Crippen LogP contribution in [0, 0.1) is 12.7 Å². The molecule has 2 N–H and O–H groups in total. The highest BCUT2D eigenvalue weighted by Gasteiger charge is 2.43. The third kappa shape index (κ3) is 2.58. The molecule has 1 atom stereocenters. The number of halogens is 2. The van der Waals surface area contributed by atoms with Crippen LogP contribution < -0.4 is 10.2 Å². The van der Waals surface area contributed by atoms with Crippen LogP contribution in [0.15, 0.2) is 30.9 Å². The number of nitrogens with zero attached hydrogens (tertiary/aromatic N) is 4. The molecular formula is C22H16ClFN6O. The van der Waals surface area contributed by atoms with Gasteiger partial charge < -0.3 is 10.3 Å². The summed E-state index contributed by atoms with van der Waals surface area (Å²) >= 11 is 6.56. The molecule has 31 heavy (non-hydrogen) atoms. The second-order valence-electron chi connectivity index (χ2n) is 7.87. The number of anilines is 3. The lowest BCUT2D eigenvalue weighted by atomic mass is 9.88. The maximum atomic E-state index is 14.1. The summed E-state index contributed by atoms with van der Waals surface area (Å²) in [5.74, 6) is 0.0946. The minimum absolute atomic E-state index is 0.166. The molecular weight excluding hydrogens is 419 g/mol. The molecule has 1 unspecified atom stereocenters. The Bertz CT molecular complexity index is 1430. The van der Waals surface area contributed by atoms with Gasteiger partial charge >= 0.3 is 0 Å². The van der Waals surface area contributed by atoms with Gasteiger partial charge in [-0.3, -0.25) is 9.69 Å². The van der Waals surface area contributed by atoms with Crippen molar-refractivity contribution in [3.63, 3.8) is 0 Å². The van der Waals surface area contributed by atoms with E-state index in [1.165, 1.54) is 18.5 Å². The number of amides is 1. The standard InChI is InChI=1S/C22H16ClFN6O/c1-9-15(23)6-13(10(2)29-21-18-20(26-7-25-18)27-8-28-21)14-4-11-3-12(24)5-16-19(11)30(16)22(31)17(9)14/h3,5-8,10H,4H2,1-2H3,(H2,25,26,27,28,29). The van der Waals surface area contributed by atoms with Crippen molar-refractivity contribution in [2.75, 3.05) is 10.2 Å². The molecule has 0 fully saturated rings. The zero-order valence-electron chi connectivity index (χ0n) is 16.6. The van der Waals surface area contributed by atoms with Crippen LogP contribution in [0.1, 0.15) is 45.6 Å². The van der Waals surface area contributed by atoms with Crippen molar-refractivity contribution in [3.8, 4) is 0 Å². The summed E-state index contributed by atoms with van der Waals surface area (Å²) in [5.41, 5.74) is 6.52. The predicted molar refractivity (Wildman–Crippen MR) is 116 cm³/mol. The third-order valence-corrected chi connectivity index (χ3v) is 6.43. The van der Waals surface area contributed by atoms with Crippen molar-refractivity contribution in [3.05, 3.63) is 69.5 Å². The molecule has 2 aromatic heterocycles. The molecule has 2 aliphatic rings. The lowest BCUT2D eigenvalue weighted by molar-refractivity contribution is 0.101.